The minimum atomic E-state index is -0.537. The highest BCUT2D eigenvalue weighted by Gasteiger charge is 2.35. The molecule has 1 N–H and O–H groups in total. The van der Waals surface area contributed by atoms with Crippen molar-refractivity contribution in [1.29, 1.82) is 0 Å². The van der Waals surface area contributed by atoms with E-state index in [0.717, 1.165) is 9.37 Å². The van der Waals surface area contributed by atoms with E-state index in [-0.39, 0.29) is 5.70 Å². The molecule has 2 aromatic carbocycles. The zero-order chi connectivity index (χ0) is 18.8. The second kappa shape index (κ2) is 7.39. The second-order valence-corrected chi connectivity index (χ2v) is 6.69. The van der Waals surface area contributed by atoms with Gasteiger partial charge in [0.25, 0.3) is 5.91 Å². The highest BCUT2D eigenvalue weighted by atomic mass is 79.9. The SMILES string of the molecule is COc1cc(Br)cc(/C=C2/NC(=O)N(c3ccc(Cl)cc3)C2=O)c1OC. The molecule has 1 heterocycles. The number of hydrogen-bond acceptors (Lipinski definition) is 4. The first kappa shape index (κ1) is 18.3. The largest absolute Gasteiger partial charge is 0.493 e. The number of carbonyl (C=O) groups excluding carboxylic acids is 2. The van der Waals surface area contributed by atoms with Gasteiger partial charge in [0.2, 0.25) is 0 Å². The molecule has 2 aromatic rings. The summed E-state index contributed by atoms with van der Waals surface area (Å²) in [5, 5.41) is 3.09. The molecule has 1 aliphatic heterocycles. The minimum Gasteiger partial charge on any atom is -0.493 e. The fourth-order valence-electron chi connectivity index (χ4n) is 2.58. The van der Waals surface area contributed by atoms with E-state index >= 15 is 0 Å². The van der Waals surface area contributed by atoms with Crippen LogP contribution in [0.4, 0.5) is 10.5 Å². The van der Waals surface area contributed by atoms with Gasteiger partial charge < -0.3 is 14.8 Å². The van der Waals surface area contributed by atoms with Crippen LogP contribution in [0.5, 0.6) is 11.5 Å². The average Bonchev–Trinajstić information content (AvgIpc) is 2.89. The van der Waals surface area contributed by atoms with Crippen molar-refractivity contribution in [1.82, 2.24) is 5.32 Å². The molecule has 0 bridgehead atoms. The minimum absolute atomic E-state index is 0.128. The maximum absolute atomic E-state index is 12.7. The number of anilines is 1. The van der Waals surface area contributed by atoms with Gasteiger partial charge in [0.15, 0.2) is 11.5 Å². The number of rotatable bonds is 4. The lowest BCUT2D eigenvalue weighted by atomic mass is 10.1. The fourth-order valence-corrected chi connectivity index (χ4v) is 3.16. The first-order valence-electron chi connectivity index (χ1n) is 7.49. The van der Waals surface area contributed by atoms with Gasteiger partial charge in [-0.2, -0.15) is 0 Å². The number of nitrogens with one attached hydrogen (secondary N) is 1. The van der Waals surface area contributed by atoms with Crippen molar-refractivity contribution in [2.45, 2.75) is 0 Å². The summed E-state index contributed by atoms with van der Waals surface area (Å²) in [6.45, 7) is 0. The van der Waals surface area contributed by atoms with E-state index in [4.69, 9.17) is 21.1 Å². The lowest BCUT2D eigenvalue weighted by Gasteiger charge is -2.12. The lowest BCUT2D eigenvalue weighted by molar-refractivity contribution is -0.113. The number of hydrogen-bond donors (Lipinski definition) is 1. The van der Waals surface area contributed by atoms with Gasteiger partial charge in [0, 0.05) is 15.1 Å². The Hall–Kier alpha value is -2.51. The van der Waals surface area contributed by atoms with Gasteiger partial charge in [-0.15, -0.1) is 0 Å². The van der Waals surface area contributed by atoms with Crippen LogP contribution < -0.4 is 19.7 Å². The van der Waals surface area contributed by atoms with E-state index in [9.17, 15) is 9.59 Å². The first-order chi connectivity index (χ1) is 12.4. The Morgan fingerprint density at radius 1 is 1.12 bits per heavy atom. The molecule has 0 radical (unpaired) electrons. The van der Waals surface area contributed by atoms with Gasteiger partial charge in [-0.05, 0) is 42.5 Å². The van der Waals surface area contributed by atoms with E-state index in [0.29, 0.717) is 27.8 Å². The summed E-state index contributed by atoms with van der Waals surface area (Å²) in [7, 11) is 3.02. The molecule has 1 aliphatic rings. The summed E-state index contributed by atoms with van der Waals surface area (Å²) < 4.78 is 11.4. The second-order valence-electron chi connectivity index (χ2n) is 5.34. The Bertz CT molecular complexity index is 912. The molecule has 134 valence electrons. The van der Waals surface area contributed by atoms with Crippen LogP contribution in [0.1, 0.15) is 5.56 Å². The average molecular weight is 438 g/mol. The predicted octanol–water partition coefficient (Wildman–Crippen LogP) is 4.22. The van der Waals surface area contributed by atoms with Crippen molar-refractivity contribution < 1.29 is 19.1 Å². The summed E-state index contributed by atoms with van der Waals surface area (Å²) in [6.07, 6.45) is 1.54. The molecule has 1 saturated heterocycles. The monoisotopic (exact) mass is 436 g/mol. The lowest BCUT2D eigenvalue weighted by Crippen LogP contribution is -2.30. The van der Waals surface area contributed by atoms with Crippen LogP contribution in [0.15, 0.2) is 46.6 Å². The van der Waals surface area contributed by atoms with Crippen LogP contribution in [0, 0.1) is 0 Å². The number of halogens is 2. The van der Waals surface area contributed by atoms with Crippen LogP contribution in [-0.2, 0) is 4.79 Å². The Morgan fingerprint density at radius 3 is 2.42 bits per heavy atom. The van der Waals surface area contributed by atoms with Gasteiger partial charge in [-0.1, -0.05) is 27.5 Å². The smallest absolute Gasteiger partial charge is 0.333 e. The van der Waals surface area contributed by atoms with Gasteiger partial charge in [-0.3, -0.25) is 4.79 Å². The van der Waals surface area contributed by atoms with Crippen molar-refractivity contribution in [3.05, 3.63) is 57.2 Å². The van der Waals surface area contributed by atoms with Gasteiger partial charge in [0.05, 0.1) is 19.9 Å². The molecule has 0 saturated carbocycles. The molecule has 1 fully saturated rings. The first-order valence-corrected chi connectivity index (χ1v) is 8.66. The molecule has 8 heteroatoms. The summed E-state index contributed by atoms with van der Waals surface area (Å²) in [6, 6.07) is 9.40. The van der Waals surface area contributed by atoms with Crippen LogP contribution >= 0.6 is 27.5 Å². The Kier molecular flexibility index (Phi) is 5.20. The number of carbonyl (C=O) groups is 2. The highest BCUT2D eigenvalue weighted by Crippen LogP contribution is 2.36. The number of imide groups is 1. The summed E-state index contributed by atoms with van der Waals surface area (Å²) in [4.78, 5) is 26.0. The number of urea groups is 1. The molecular weight excluding hydrogens is 424 g/mol. The molecule has 0 aromatic heterocycles. The zero-order valence-corrected chi connectivity index (χ0v) is 16.2. The molecular formula is C18H14BrClN2O4. The Morgan fingerprint density at radius 2 is 1.81 bits per heavy atom. The van der Waals surface area contributed by atoms with E-state index in [1.807, 2.05) is 0 Å². The van der Waals surface area contributed by atoms with Gasteiger partial charge in [-0.25, -0.2) is 9.69 Å². The molecule has 0 unspecified atom stereocenters. The van der Waals surface area contributed by atoms with Gasteiger partial charge in [0.1, 0.15) is 5.70 Å². The number of ether oxygens (including phenoxy) is 2. The maximum Gasteiger partial charge on any atom is 0.333 e. The van der Waals surface area contributed by atoms with Crippen molar-refractivity contribution in [2.24, 2.45) is 0 Å². The van der Waals surface area contributed by atoms with E-state index in [1.54, 1.807) is 42.5 Å². The molecule has 0 spiro atoms. The topological polar surface area (TPSA) is 67.9 Å². The normalized spacial score (nSPS) is 15.4. The fraction of sp³-hybridized carbons (Fsp3) is 0.111. The van der Waals surface area contributed by atoms with Gasteiger partial charge >= 0.3 is 6.03 Å². The van der Waals surface area contributed by atoms with Crippen molar-refractivity contribution in [3.63, 3.8) is 0 Å². The van der Waals surface area contributed by atoms with E-state index in [2.05, 4.69) is 21.2 Å². The molecule has 3 amide bonds. The standard InChI is InChI=1S/C18H14BrClN2O4/c1-25-15-9-11(19)7-10(16(15)26-2)8-14-17(23)22(18(24)21-14)13-5-3-12(20)4-6-13/h3-9H,1-2H3,(H,21,24)/b14-8+. The number of nitrogens with zero attached hydrogens (tertiary/aromatic N) is 1. The third-order valence-electron chi connectivity index (χ3n) is 3.74. The van der Waals surface area contributed by atoms with Crippen LogP contribution in [0.25, 0.3) is 6.08 Å². The third-order valence-corrected chi connectivity index (χ3v) is 4.45. The molecule has 6 nitrogen and oxygen atoms in total. The highest BCUT2D eigenvalue weighted by molar-refractivity contribution is 9.10. The maximum atomic E-state index is 12.7. The summed E-state index contributed by atoms with van der Waals surface area (Å²) >= 11 is 9.25. The van der Waals surface area contributed by atoms with Crippen molar-refractivity contribution in [2.75, 3.05) is 19.1 Å². The van der Waals surface area contributed by atoms with Crippen LogP contribution in [0.3, 0.4) is 0 Å². The molecule has 26 heavy (non-hydrogen) atoms. The quantitative estimate of drug-likeness (QED) is 0.574. The van der Waals surface area contributed by atoms with Crippen LogP contribution in [-0.4, -0.2) is 26.2 Å². The van der Waals surface area contributed by atoms with Crippen molar-refractivity contribution in [3.8, 4) is 11.5 Å². The van der Waals surface area contributed by atoms with E-state index < -0.39 is 11.9 Å². The predicted molar refractivity (Wildman–Crippen MR) is 103 cm³/mol. The molecule has 0 atom stereocenters. The van der Waals surface area contributed by atoms with Crippen LogP contribution in [0.2, 0.25) is 5.02 Å². The molecule has 0 aliphatic carbocycles. The molecule has 3 rings (SSSR count). The summed E-state index contributed by atoms with van der Waals surface area (Å²) in [5.41, 5.74) is 1.14. The number of amides is 3. The number of benzene rings is 2. The Labute approximate surface area is 163 Å². The summed E-state index contributed by atoms with van der Waals surface area (Å²) in [5.74, 6) is 0.480. The number of methoxy groups -OCH3 is 2. The third kappa shape index (κ3) is 3.40. The van der Waals surface area contributed by atoms with E-state index in [1.165, 1.54) is 14.2 Å². The van der Waals surface area contributed by atoms with Crippen molar-refractivity contribution >= 4 is 51.2 Å². The Balaban J connectivity index is 2.01. The zero-order valence-electron chi connectivity index (χ0n) is 13.9.